The Bertz CT molecular complexity index is 551. The first-order valence-corrected chi connectivity index (χ1v) is 6.81. The van der Waals surface area contributed by atoms with Crippen molar-refractivity contribution in [2.75, 3.05) is 0 Å². The molecule has 1 aromatic heterocycles. The third kappa shape index (κ3) is 3.18. The molecule has 0 aliphatic rings. The summed E-state index contributed by atoms with van der Waals surface area (Å²) in [6.45, 7) is 4.09. The Hall–Kier alpha value is -1.29. The Kier molecular flexibility index (Phi) is 4.64. The van der Waals surface area contributed by atoms with Crippen LogP contribution < -0.4 is 11.3 Å². The van der Waals surface area contributed by atoms with Crippen LogP contribution in [0.1, 0.15) is 35.4 Å². The number of benzene rings is 1. The molecule has 19 heavy (non-hydrogen) atoms. The van der Waals surface area contributed by atoms with Gasteiger partial charge in [-0.2, -0.15) is 0 Å². The van der Waals surface area contributed by atoms with E-state index in [9.17, 15) is 0 Å². The molecule has 1 unspecified atom stereocenters. The largest absolute Gasteiger partial charge is 0.469 e. The summed E-state index contributed by atoms with van der Waals surface area (Å²) in [6.07, 6.45) is 3.29. The maximum absolute atomic E-state index is 6.27. The summed E-state index contributed by atoms with van der Waals surface area (Å²) in [4.78, 5) is 0. The van der Waals surface area contributed by atoms with Crippen molar-refractivity contribution in [1.29, 1.82) is 0 Å². The average Bonchev–Trinajstić information content (AvgIpc) is 2.86. The van der Waals surface area contributed by atoms with Crippen LogP contribution in [-0.2, 0) is 12.8 Å². The van der Waals surface area contributed by atoms with Crippen LogP contribution >= 0.6 is 11.6 Å². The monoisotopic (exact) mass is 278 g/mol. The van der Waals surface area contributed by atoms with Gasteiger partial charge in [-0.15, -0.1) is 0 Å². The van der Waals surface area contributed by atoms with Crippen molar-refractivity contribution < 1.29 is 4.42 Å². The summed E-state index contributed by atoms with van der Waals surface area (Å²) in [6, 6.07) is 8.05. The lowest BCUT2D eigenvalue weighted by atomic mass is 9.98. The second kappa shape index (κ2) is 6.24. The van der Waals surface area contributed by atoms with Gasteiger partial charge in [-0.1, -0.05) is 30.7 Å². The van der Waals surface area contributed by atoms with E-state index in [2.05, 4.69) is 18.4 Å². The van der Waals surface area contributed by atoms with E-state index in [4.69, 9.17) is 21.9 Å². The van der Waals surface area contributed by atoms with Gasteiger partial charge in [0.25, 0.3) is 0 Å². The average molecular weight is 279 g/mol. The Balaban J connectivity index is 2.24. The minimum Gasteiger partial charge on any atom is -0.469 e. The Morgan fingerprint density at radius 3 is 2.79 bits per heavy atom. The maximum atomic E-state index is 6.27. The molecule has 1 heterocycles. The minimum absolute atomic E-state index is 0.00825. The van der Waals surface area contributed by atoms with E-state index in [1.54, 1.807) is 6.26 Å². The Morgan fingerprint density at radius 1 is 1.37 bits per heavy atom. The standard InChI is InChI=1S/C15H19ClN2O/c1-3-15-12(6-7-19-15)14(18-17)9-11-5-4-10(2)8-13(11)16/h4-8,14,18H,3,9,17H2,1-2H3. The molecule has 0 radical (unpaired) electrons. The van der Waals surface area contributed by atoms with Crippen LogP contribution in [0.15, 0.2) is 34.9 Å². The lowest BCUT2D eigenvalue weighted by Gasteiger charge is -2.17. The Morgan fingerprint density at radius 2 is 2.16 bits per heavy atom. The molecule has 0 aliphatic heterocycles. The number of nitrogens with two attached hydrogens (primary N) is 1. The van der Waals surface area contributed by atoms with E-state index >= 15 is 0 Å². The summed E-state index contributed by atoms with van der Waals surface area (Å²) in [7, 11) is 0. The molecule has 0 saturated heterocycles. The first kappa shape index (κ1) is 14.1. The van der Waals surface area contributed by atoms with Gasteiger partial charge >= 0.3 is 0 Å². The zero-order valence-corrected chi connectivity index (χ0v) is 12.0. The number of hydrogen-bond acceptors (Lipinski definition) is 3. The molecule has 2 aromatic rings. The molecular formula is C15H19ClN2O. The predicted molar refractivity (Wildman–Crippen MR) is 78.0 cm³/mol. The summed E-state index contributed by atoms with van der Waals surface area (Å²) in [5, 5.41) is 0.779. The summed E-state index contributed by atoms with van der Waals surface area (Å²) in [5.74, 6) is 6.64. The van der Waals surface area contributed by atoms with Crippen LogP contribution in [0.2, 0.25) is 5.02 Å². The molecule has 4 heteroatoms. The van der Waals surface area contributed by atoms with E-state index in [1.807, 2.05) is 25.1 Å². The number of aryl methyl sites for hydroxylation is 2. The molecule has 1 aromatic carbocycles. The predicted octanol–water partition coefficient (Wildman–Crippen LogP) is 3.55. The Labute approximate surface area is 118 Å². The number of halogens is 1. The fourth-order valence-corrected chi connectivity index (χ4v) is 2.56. The van der Waals surface area contributed by atoms with Gasteiger partial charge in [0, 0.05) is 17.0 Å². The van der Waals surface area contributed by atoms with E-state index in [0.29, 0.717) is 0 Å². The topological polar surface area (TPSA) is 51.2 Å². The fraction of sp³-hybridized carbons (Fsp3) is 0.333. The van der Waals surface area contributed by atoms with Gasteiger partial charge < -0.3 is 4.42 Å². The molecule has 1 atom stereocenters. The van der Waals surface area contributed by atoms with Crippen LogP contribution in [0.3, 0.4) is 0 Å². The quantitative estimate of drug-likeness (QED) is 0.650. The van der Waals surface area contributed by atoms with Crippen LogP contribution in [0.25, 0.3) is 0 Å². The van der Waals surface area contributed by atoms with E-state index < -0.39 is 0 Å². The van der Waals surface area contributed by atoms with Crippen LogP contribution in [0.4, 0.5) is 0 Å². The molecule has 2 rings (SSSR count). The number of nitrogens with one attached hydrogen (secondary N) is 1. The molecule has 0 saturated carbocycles. The van der Waals surface area contributed by atoms with Crippen molar-refractivity contribution in [3.05, 3.63) is 58.0 Å². The highest BCUT2D eigenvalue weighted by molar-refractivity contribution is 6.31. The molecule has 0 bridgehead atoms. The normalized spacial score (nSPS) is 12.6. The van der Waals surface area contributed by atoms with Crippen molar-refractivity contribution >= 4 is 11.6 Å². The number of furan rings is 1. The molecule has 3 N–H and O–H groups in total. The third-order valence-electron chi connectivity index (χ3n) is 3.31. The van der Waals surface area contributed by atoms with E-state index in [1.165, 1.54) is 0 Å². The summed E-state index contributed by atoms with van der Waals surface area (Å²) < 4.78 is 5.46. The van der Waals surface area contributed by atoms with Crippen LogP contribution in [0, 0.1) is 6.92 Å². The SMILES string of the molecule is CCc1occc1C(Cc1ccc(C)cc1Cl)NN. The smallest absolute Gasteiger partial charge is 0.108 e. The highest BCUT2D eigenvalue weighted by Gasteiger charge is 2.17. The minimum atomic E-state index is 0.00825. The third-order valence-corrected chi connectivity index (χ3v) is 3.66. The maximum Gasteiger partial charge on any atom is 0.108 e. The zero-order valence-electron chi connectivity index (χ0n) is 11.2. The molecule has 0 amide bonds. The van der Waals surface area contributed by atoms with Gasteiger partial charge in [0.15, 0.2) is 0 Å². The molecular weight excluding hydrogens is 260 g/mol. The van der Waals surface area contributed by atoms with Gasteiger partial charge in [-0.3, -0.25) is 11.3 Å². The first-order chi connectivity index (χ1) is 9.15. The molecule has 0 fully saturated rings. The van der Waals surface area contributed by atoms with Crippen molar-refractivity contribution in [2.45, 2.75) is 32.7 Å². The highest BCUT2D eigenvalue weighted by Crippen LogP contribution is 2.26. The molecule has 0 aliphatic carbocycles. The number of hydrogen-bond donors (Lipinski definition) is 2. The van der Waals surface area contributed by atoms with Crippen molar-refractivity contribution in [2.24, 2.45) is 5.84 Å². The lowest BCUT2D eigenvalue weighted by Crippen LogP contribution is -2.30. The number of hydrazine groups is 1. The highest BCUT2D eigenvalue weighted by atomic mass is 35.5. The first-order valence-electron chi connectivity index (χ1n) is 6.43. The van der Waals surface area contributed by atoms with Gasteiger partial charge in [0.05, 0.1) is 12.3 Å². The lowest BCUT2D eigenvalue weighted by molar-refractivity contribution is 0.487. The van der Waals surface area contributed by atoms with Crippen LogP contribution in [0.5, 0.6) is 0 Å². The van der Waals surface area contributed by atoms with Gasteiger partial charge in [-0.05, 0) is 36.6 Å². The second-order valence-electron chi connectivity index (χ2n) is 4.67. The fourth-order valence-electron chi connectivity index (χ4n) is 2.24. The van der Waals surface area contributed by atoms with Gasteiger partial charge in [0.2, 0.25) is 0 Å². The van der Waals surface area contributed by atoms with Crippen LogP contribution in [-0.4, -0.2) is 0 Å². The molecule has 0 spiro atoms. The van der Waals surface area contributed by atoms with Gasteiger partial charge in [-0.25, -0.2) is 0 Å². The zero-order chi connectivity index (χ0) is 13.8. The van der Waals surface area contributed by atoms with Crippen molar-refractivity contribution in [3.63, 3.8) is 0 Å². The molecule has 3 nitrogen and oxygen atoms in total. The van der Waals surface area contributed by atoms with Crippen molar-refractivity contribution in [3.8, 4) is 0 Å². The van der Waals surface area contributed by atoms with Crippen molar-refractivity contribution in [1.82, 2.24) is 5.43 Å². The molecule has 102 valence electrons. The summed E-state index contributed by atoms with van der Waals surface area (Å²) in [5.41, 5.74) is 6.19. The number of rotatable bonds is 5. The van der Waals surface area contributed by atoms with E-state index in [-0.39, 0.29) is 6.04 Å². The second-order valence-corrected chi connectivity index (χ2v) is 5.08. The van der Waals surface area contributed by atoms with E-state index in [0.717, 1.165) is 40.3 Å². The summed E-state index contributed by atoms with van der Waals surface area (Å²) >= 11 is 6.27. The van der Waals surface area contributed by atoms with Gasteiger partial charge in [0.1, 0.15) is 5.76 Å².